The summed E-state index contributed by atoms with van der Waals surface area (Å²) in [6.07, 6.45) is -4.34. The maximum absolute atomic E-state index is 12.8. The number of carbonyl (C=O) groups is 2. The van der Waals surface area contributed by atoms with E-state index in [4.69, 9.17) is 0 Å². The zero-order valence-electron chi connectivity index (χ0n) is 14.7. The van der Waals surface area contributed by atoms with E-state index in [2.05, 4.69) is 5.32 Å². The maximum atomic E-state index is 12.8. The molecule has 1 N–H and O–H groups in total. The molecule has 1 unspecified atom stereocenters. The molecule has 0 aromatic heterocycles. The minimum absolute atomic E-state index is 0.0160. The first-order valence-corrected chi connectivity index (χ1v) is 8.55. The third-order valence-corrected chi connectivity index (χ3v) is 4.53. The highest BCUT2D eigenvalue weighted by Crippen LogP contribution is 2.30. The Morgan fingerprint density at radius 2 is 1.93 bits per heavy atom. The zero-order valence-corrected chi connectivity index (χ0v) is 14.7. The molecular weight excluding hydrogens is 357 g/mol. The molecule has 1 fully saturated rings. The number of halogens is 3. The molecule has 0 bridgehead atoms. The zero-order chi connectivity index (χ0) is 19.6. The second-order valence-electron chi connectivity index (χ2n) is 6.66. The molecule has 1 aliphatic heterocycles. The highest BCUT2D eigenvalue weighted by Gasteiger charge is 2.35. The van der Waals surface area contributed by atoms with Gasteiger partial charge in [-0.05, 0) is 42.3 Å². The van der Waals surface area contributed by atoms with Crippen LogP contribution in [-0.4, -0.2) is 18.4 Å². The number of alkyl halides is 3. The lowest BCUT2D eigenvalue weighted by Crippen LogP contribution is -2.32. The van der Waals surface area contributed by atoms with E-state index in [1.54, 1.807) is 4.90 Å². The van der Waals surface area contributed by atoms with Crippen LogP contribution < -0.4 is 10.2 Å². The molecule has 1 heterocycles. The summed E-state index contributed by atoms with van der Waals surface area (Å²) in [5.41, 5.74) is 1.36. The predicted molar refractivity (Wildman–Crippen MR) is 94.9 cm³/mol. The Kier molecular flexibility index (Phi) is 5.21. The largest absolute Gasteiger partial charge is 0.416 e. The number of aryl methyl sites for hydroxylation is 1. The normalized spacial score (nSPS) is 17.3. The van der Waals surface area contributed by atoms with Crippen LogP contribution in [0.15, 0.2) is 48.5 Å². The van der Waals surface area contributed by atoms with Crippen molar-refractivity contribution in [2.75, 3.05) is 11.4 Å². The van der Waals surface area contributed by atoms with Gasteiger partial charge in [-0.3, -0.25) is 9.59 Å². The summed E-state index contributed by atoms with van der Waals surface area (Å²) in [7, 11) is 0. The number of nitrogens with one attached hydrogen (secondary N) is 1. The van der Waals surface area contributed by atoms with E-state index in [1.807, 2.05) is 31.2 Å². The maximum Gasteiger partial charge on any atom is 0.416 e. The molecule has 1 atom stereocenters. The molecule has 3 rings (SSSR count). The van der Waals surface area contributed by atoms with Crippen LogP contribution in [0.2, 0.25) is 0 Å². The Balaban J connectivity index is 1.62. The fraction of sp³-hybridized carbons (Fsp3) is 0.300. The minimum atomic E-state index is -4.42. The molecule has 0 saturated carbocycles. The van der Waals surface area contributed by atoms with Gasteiger partial charge in [0.05, 0.1) is 11.5 Å². The van der Waals surface area contributed by atoms with E-state index >= 15 is 0 Å². The van der Waals surface area contributed by atoms with Gasteiger partial charge in [0.2, 0.25) is 11.8 Å². The molecule has 0 spiro atoms. The van der Waals surface area contributed by atoms with Crippen LogP contribution in [0.25, 0.3) is 0 Å². The minimum Gasteiger partial charge on any atom is -0.352 e. The van der Waals surface area contributed by atoms with Crippen molar-refractivity contribution in [2.45, 2.75) is 26.1 Å². The van der Waals surface area contributed by atoms with E-state index in [0.29, 0.717) is 5.56 Å². The Morgan fingerprint density at radius 1 is 1.19 bits per heavy atom. The number of hydrogen-bond acceptors (Lipinski definition) is 2. The fourth-order valence-corrected chi connectivity index (χ4v) is 3.12. The van der Waals surface area contributed by atoms with E-state index in [-0.39, 0.29) is 31.3 Å². The summed E-state index contributed by atoms with van der Waals surface area (Å²) < 4.78 is 38.3. The molecule has 2 amide bonds. The second-order valence-corrected chi connectivity index (χ2v) is 6.66. The van der Waals surface area contributed by atoms with E-state index in [9.17, 15) is 22.8 Å². The first kappa shape index (κ1) is 18.9. The first-order chi connectivity index (χ1) is 12.7. The molecule has 7 heteroatoms. The number of hydrogen-bond donors (Lipinski definition) is 1. The molecule has 1 saturated heterocycles. The van der Waals surface area contributed by atoms with Gasteiger partial charge in [-0.2, -0.15) is 13.2 Å². The van der Waals surface area contributed by atoms with Crippen molar-refractivity contribution in [2.24, 2.45) is 5.92 Å². The van der Waals surface area contributed by atoms with Gasteiger partial charge in [0.25, 0.3) is 0 Å². The van der Waals surface area contributed by atoms with Crippen molar-refractivity contribution >= 4 is 17.5 Å². The topological polar surface area (TPSA) is 49.4 Å². The summed E-state index contributed by atoms with van der Waals surface area (Å²) in [4.78, 5) is 26.2. The van der Waals surface area contributed by atoms with Gasteiger partial charge >= 0.3 is 6.18 Å². The SMILES string of the molecule is Cc1cccc(N2CC(C(=O)NCc3cccc(C(F)(F)F)c3)CC2=O)c1. The third-order valence-electron chi connectivity index (χ3n) is 4.53. The van der Waals surface area contributed by atoms with Gasteiger partial charge in [-0.25, -0.2) is 0 Å². The standard InChI is InChI=1S/C20H19F3N2O2/c1-13-4-2-7-17(8-13)25-12-15(10-18(25)26)19(27)24-11-14-5-3-6-16(9-14)20(21,22)23/h2-9,15H,10-12H2,1H3,(H,24,27). The lowest BCUT2D eigenvalue weighted by atomic mass is 10.1. The summed E-state index contributed by atoms with van der Waals surface area (Å²) >= 11 is 0. The molecule has 2 aromatic carbocycles. The van der Waals surface area contributed by atoms with Crippen LogP contribution in [-0.2, 0) is 22.3 Å². The molecule has 2 aromatic rings. The second kappa shape index (κ2) is 7.42. The van der Waals surface area contributed by atoms with Gasteiger partial charge in [-0.1, -0.05) is 24.3 Å². The van der Waals surface area contributed by atoms with Crippen LogP contribution in [0.5, 0.6) is 0 Å². The Morgan fingerprint density at radius 3 is 2.63 bits per heavy atom. The van der Waals surface area contributed by atoms with Crippen molar-refractivity contribution in [3.8, 4) is 0 Å². The summed E-state index contributed by atoms with van der Waals surface area (Å²) in [6, 6.07) is 12.3. The molecular formula is C20H19F3N2O2. The summed E-state index contributed by atoms with van der Waals surface area (Å²) in [5.74, 6) is -1.00. The van der Waals surface area contributed by atoms with Crippen molar-refractivity contribution in [1.82, 2.24) is 5.32 Å². The Labute approximate surface area is 155 Å². The molecule has 4 nitrogen and oxygen atoms in total. The molecule has 1 aliphatic rings. The van der Waals surface area contributed by atoms with Gasteiger partial charge in [0.15, 0.2) is 0 Å². The van der Waals surface area contributed by atoms with Crippen LogP contribution in [0, 0.1) is 12.8 Å². The van der Waals surface area contributed by atoms with Crippen LogP contribution in [0.1, 0.15) is 23.1 Å². The monoisotopic (exact) mass is 376 g/mol. The van der Waals surface area contributed by atoms with Crippen molar-refractivity contribution in [3.63, 3.8) is 0 Å². The third kappa shape index (κ3) is 4.48. The lowest BCUT2D eigenvalue weighted by molar-refractivity contribution is -0.137. The highest BCUT2D eigenvalue weighted by molar-refractivity contribution is 6.00. The van der Waals surface area contributed by atoms with Gasteiger partial charge < -0.3 is 10.2 Å². The first-order valence-electron chi connectivity index (χ1n) is 8.55. The number of nitrogens with zero attached hydrogens (tertiary/aromatic N) is 1. The average molecular weight is 376 g/mol. The molecule has 0 radical (unpaired) electrons. The van der Waals surface area contributed by atoms with E-state index in [0.717, 1.165) is 23.4 Å². The molecule has 27 heavy (non-hydrogen) atoms. The molecule has 0 aliphatic carbocycles. The number of anilines is 1. The van der Waals surface area contributed by atoms with Crippen molar-refractivity contribution in [1.29, 1.82) is 0 Å². The van der Waals surface area contributed by atoms with Crippen LogP contribution in [0.4, 0.5) is 18.9 Å². The van der Waals surface area contributed by atoms with Crippen LogP contribution in [0.3, 0.4) is 0 Å². The van der Waals surface area contributed by atoms with Crippen molar-refractivity contribution < 1.29 is 22.8 Å². The smallest absolute Gasteiger partial charge is 0.352 e. The van der Waals surface area contributed by atoms with Gasteiger partial charge in [0.1, 0.15) is 0 Å². The lowest BCUT2D eigenvalue weighted by Gasteiger charge is -2.17. The fourth-order valence-electron chi connectivity index (χ4n) is 3.12. The highest BCUT2D eigenvalue weighted by atomic mass is 19.4. The van der Waals surface area contributed by atoms with Gasteiger partial charge in [0, 0.05) is 25.2 Å². The number of amides is 2. The van der Waals surface area contributed by atoms with Gasteiger partial charge in [-0.15, -0.1) is 0 Å². The Bertz CT molecular complexity index is 864. The number of rotatable bonds is 4. The number of benzene rings is 2. The van der Waals surface area contributed by atoms with E-state index in [1.165, 1.54) is 12.1 Å². The van der Waals surface area contributed by atoms with Crippen molar-refractivity contribution in [3.05, 3.63) is 65.2 Å². The van der Waals surface area contributed by atoms with E-state index < -0.39 is 17.7 Å². The predicted octanol–water partition coefficient (Wildman–Crippen LogP) is 3.68. The quantitative estimate of drug-likeness (QED) is 0.885. The summed E-state index contributed by atoms with van der Waals surface area (Å²) in [6.45, 7) is 2.16. The Hall–Kier alpha value is -2.83. The van der Waals surface area contributed by atoms with Crippen LogP contribution >= 0.6 is 0 Å². The number of carbonyl (C=O) groups excluding carboxylic acids is 2. The average Bonchev–Trinajstić information content (AvgIpc) is 3.01. The summed E-state index contributed by atoms with van der Waals surface area (Å²) in [5, 5.41) is 2.64. The molecule has 142 valence electrons.